The van der Waals surface area contributed by atoms with Gasteiger partial charge in [0.25, 0.3) is 0 Å². The minimum absolute atomic E-state index is 0.0839. The van der Waals surface area contributed by atoms with Crippen LogP contribution in [0, 0.1) is 11.7 Å². The summed E-state index contributed by atoms with van der Waals surface area (Å²) in [5.41, 5.74) is 0.537. The van der Waals surface area contributed by atoms with Crippen molar-refractivity contribution in [3.63, 3.8) is 0 Å². The summed E-state index contributed by atoms with van der Waals surface area (Å²) in [5.74, 6) is -1.36. The Morgan fingerprint density at radius 1 is 1.50 bits per heavy atom. The lowest BCUT2D eigenvalue weighted by atomic mass is 10.1. The maximum absolute atomic E-state index is 13.5. The second-order valence-electron chi connectivity index (χ2n) is 4.31. The van der Waals surface area contributed by atoms with Crippen LogP contribution in [0.25, 0.3) is 10.2 Å². The van der Waals surface area contributed by atoms with E-state index in [1.807, 2.05) is 0 Å². The van der Waals surface area contributed by atoms with Crippen molar-refractivity contribution in [2.24, 2.45) is 5.92 Å². The summed E-state index contributed by atoms with van der Waals surface area (Å²) in [6.07, 6.45) is 0. The zero-order chi connectivity index (χ0) is 13.3. The highest BCUT2D eigenvalue weighted by Gasteiger charge is 2.22. The largest absolute Gasteiger partial charge is 0.480 e. The molecular formula is C12H13FN2O2S. The van der Waals surface area contributed by atoms with E-state index >= 15 is 0 Å². The van der Waals surface area contributed by atoms with E-state index in [9.17, 15) is 9.18 Å². The van der Waals surface area contributed by atoms with Gasteiger partial charge in [0.15, 0.2) is 5.13 Å². The minimum Gasteiger partial charge on any atom is -0.480 e. The Balaban J connectivity index is 2.32. The van der Waals surface area contributed by atoms with E-state index in [-0.39, 0.29) is 11.7 Å². The summed E-state index contributed by atoms with van der Waals surface area (Å²) in [6, 6.07) is 3.92. The number of hydrogen-bond acceptors (Lipinski definition) is 4. The molecule has 0 unspecified atom stereocenters. The van der Waals surface area contributed by atoms with Gasteiger partial charge in [0.1, 0.15) is 11.9 Å². The number of aromatic nitrogens is 1. The highest BCUT2D eigenvalue weighted by molar-refractivity contribution is 7.22. The maximum Gasteiger partial charge on any atom is 0.326 e. The van der Waals surface area contributed by atoms with Crippen LogP contribution in [-0.2, 0) is 4.79 Å². The van der Waals surface area contributed by atoms with Crippen molar-refractivity contribution < 1.29 is 14.3 Å². The first-order valence-corrected chi connectivity index (χ1v) is 6.35. The Kier molecular flexibility index (Phi) is 3.47. The molecular weight excluding hydrogens is 255 g/mol. The Bertz CT molecular complexity index is 582. The molecule has 4 nitrogen and oxygen atoms in total. The van der Waals surface area contributed by atoms with Crippen molar-refractivity contribution in [2.45, 2.75) is 19.9 Å². The second-order valence-corrected chi connectivity index (χ2v) is 5.31. The van der Waals surface area contributed by atoms with Gasteiger partial charge >= 0.3 is 5.97 Å². The van der Waals surface area contributed by atoms with Gasteiger partial charge in [0.2, 0.25) is 0 Å². The second kappa shape index (κ2) is 4.89. The Hall–Kier alpha value is -1.69. The van der Waals surface area contributed by atoms with Crippen LogP contribution in [0.5, 0.6) is 0 Å². The standard InChI is InChI=1S/C12H13FN2O2S/c1-6(2)9(11(16)17)15-12-14-8-5-3-4-7(13)10(8)18-12/h3-6,9H,1-2H3,(H,14,15)(H,16,17)/t9-/m1/s1. The van der Waals surface area contributed by atoms with E-state index in [4.69, 9.17) is 5.11 Å². The van der Waals surface area contributed by atoms with E-state index < -0.39 is 12.0 Å². The molecule has 0 aliphatic rings. The predicted octanol–water partition coefficient (Wildman–Crippen LogP) is 2.96. The number of rotatable bonds is 4. The summed E-state index contributed by atoms with van der Waals surface area (Å²) in [5, 5.41) is 12.3. The van der Waals surface area contributed by atoms with Gasteiger partial charge in [0.05, 0.1) is 10.2 Å². The third kappa shape index (κ3) is 2.43. The van der Waals surface area contributed by atoms with Crippen LogP contribution >= 0.6 is 11.3 Å². The van der Waals surface area contributed by atoms with Crippen molar-refractivity contribution >= 4 is 32.7 Å². The van der Waals surface area contributed by atoms with E-state index in [0.717, 1.165) is 11.3 Å². The molecule has 0 spiro atoms. The minimum atomic E-state index is -0.940. The van der Waals surface area contributed by atoms with Crippen LogP contribution < -0.4 is 5.32 Å². The Morgan fingerprint density at radius 3 is 2.78 bits per heavy atom. The molecule has 0 bridgehead atoms. The first kappa shape index (κ1) is 12.8. The quantitative estimate of drug-likeness (QED) is 0.895. The molecule has 96 valence electrons. The number of aliphatic carboxylic acids is 1. The molecule has 0 saturated heterocycles. The molecule has 0 aliphatic heterocycles. The molecule has 2 rings (SSSR count). The molecule has 1 aromatic heterocycles. The fourth-order valence-electron chi connectivity index (χ4n) is 1.62. The number of benzene rings is 1. The lowest BCUT2D eigenvalue weighted by Gasteiger charge is -2.16. The van der Waals surface area contributed by atoms with Crippen LogP contribution in [0.4, 0.5) is 9.52 Å². The molecule has 0 saturated carbocycles. The van der Waals surface area contributed by atoms with Crippen LogP contribution in [-0.4, -0.2) is 22.1 Å². The molecule has 1 aromatic carbocycles. The zero-order valence-corrected chi connectivity index (χ0v) is 10.8. The van der Waals surface area contributed by atoms with Crippen molar-refractivity contribution in [2.75, 3.05) is 5.32 Å². The number of hydrogen-bond donors (Lipinski definition) is 2. The number of halogens is 1. The van der Waals surface area contributed by atoms with E-state index in [0.29, 0.717) is 15.3 Å². The van der Waals surface area contributed by atoms with Crippen molar-refractivity contribution in [3.8, 4) is 0 Å². The maximum atomic E-state index is 13.5. The average Bonchev–Trinajstić information content (AvgIpc) is 2.69. The predicted molar refractivity (Wildman–Crippen MR) is 69.5 cm³/mol. The Labute approximate surface area is 107 Å². The number of fused-ring (bicyclic) bond motifs is 1. The molecule has 0 aliphatic carbocycles. The highest BCUT2D eigenvalue weighted by Crippen LogP contribution is 2.29. The molecule has 0 fully saturated rings. The SMILES string of the molecule is CC(C)[C@@H](Nc1nc2cccc(F)c2s1)C(=O)O. The van der Waals surface area contributed by atoms with Gasteiger partial charge in [-0.2, -0.15) is 0 Å². The summed E-state index contributed by atoms with van der Waals surface area (Å²) >= 11 is 1.13. The van der Waals surface area contributed by atoms with E-state index in [1.54, 1.807) is 26.0 Å². The van der Waals surface area contributed by atoms with Gasteiger partial charge < -0.3 is 10.4 Å². The fraction of sp³-hybridized carbons (Fsp3) is 0.333. The fourth-order valence-corrected chi connectivity index (χ4v) is 2.53. The zero-order valence-electron chi connectivity index (χ0n) is 9.98. The molecule has 18 heavy (non-hydrogen) atoms. The van der Waals surface area contributed by atoms with Gasteiger partial charge in [-0.3, -0.25) is 0 Å². The van der Waals surface area contributed by atoms with Crippen molar-refractivity contribution in [3.05, 3.63) is 24.0 Å². The lowest BCUT2D eigenvalue weighted by Crippen LogP contribution is -2.34. The first-order valence-electron chi connectivity index (χ1n) is 5.53. The van der Waals surface area contributed by atoms with E-state index in [2.05, 4.69) is 10.3 Å². The Morgan fingerprint density at radius 2 is 2.22 bits per heavy atom. The third-order valence-corrected chi connectivity index (χ3v) is 3.59. The van der Waals surface area contributed by atoms with Gasteiger partial charge in [-0.25, -0.2) is 14.2 Å². The third-order valence-electron chi connectivity index (χ3n) is 2.58. The van der Waals surface area contributed by atoms with Gasteiger partial charge in [-0.05, 0) is 18.1 Å². The molecule has 1 atom stereocenters. The normalized spacial score (nSPS) is 12.9. The number of carboxylic acids is 1. The van der Waals surface area contributed by atoms with Crippen LogP contribution in [0.2, 0.25) is 0 Å². The topological polar surface area (TPSA) is 62.2 Å². The summed E-state index contributed by atoms with van der Waals surface area (Å²) in [4.78, 5) is 15.2. The molecule has 2 N–H and O–H groups in total. The number of carboxylic acid groups (broad SMARTS) is 1. The smallest absolute Gasteiger partial charge is 0.326 e. The van der Waals surface area contributed by atoms with Crippen molar-refractivity contribution in [1.29, 1.82) is 0 Å². The number of anilines is 1. The number of carbonyl (C=O) groups is 1. The number of nitrogens with zero attached hydrogens (tertiary/aromatic N) is 1. The van der Waals surface area contributed by atoms with Gasteiger partial charge in [-0.1, -0.05) is 31.3 Å². The molecule has 2 aromatic rings. The van der Waals surface area contributed by atoms with Crippen LogP contribution in [0.1, 0.15) is 13.8 Å². The first-order chi connectivity index (χ1) is 8.49. The summed E-state index contributed by atoms with van der Waals surface area (Å²) in [7, 11) is 0. The van der Waals surface area contributed by atoms with Gasteiger partial charge in [-0.15, -0.1) is 0 Å². The molecule has 6 heteroatoms. The summed E-state index contributed by atoms with van der Waals surface area (Å²) in [6.45, 7) is 3.61. The number of thiazole rings is 1. The van der Waals surface area contributed by atoms with Crippen LogP contribution in [0.3, 0.4) is 0 Å². The molecule has 1 heterocycles. The van der Waals surface area contributed by atoms with Crippen LogP contribution in [0.15, 0.2) is 18.2 Å². The van der Waals surface area contributed by atoms with Crippen molar-refractivity contribution in [1.82, 2.24) is 4.98 Å². The van der Waals surface area contributed by atoms with E-state index in [1.165, 1.54) is 6.07 Å². The van der Waals surface area contributed by atoms with Gasteiger partial charge in [0, 0.05) is 0 Å². The molecule has 0 radical (unpaired) electrons. The molecule has 0 amide bonds. The highest BCUT2D eigenvalue weighted by atomic mass is 32.1. The summed E-state index contributed by atoms with van der Waals surface area (Å²) < 4.78 is 13.9. The lowest BCUT2D eigenvalue weighted by molar-refractivity contribution is -0.138. The monoisotopic (exact) mass is 268 g/mol. The average molecular weight is 268 g/mol. The number of nitrogens with one attached hydrogen (secondary N) is 1.